The number of thiazole rings is 1. The zero-order valence-corrected chi connectivity index (χ0v) is 14.8. The summed E-state index contributed by atoms with van der Waals surface area (Å²) in [5, 5.41) is 4.05. The number of carbonyl (C=O) groups excluding carboxylic acids is 1. The molecule has 3 heterocycles. The van der Waals surface area contributed by atoms with E-state index in [1.165, 1.54) is 0 Å². The van der Waals surface area contributed by atoms with Crippen molar-refractivity contribution in [3.05, 3.63) is 46.7 Å². The summed E-state index contributed by atoms with van der Waals surface area (Å²) in [6.45, 7) is 3.33. The number of hydrogen-bond donors (Lipinski definition) is 1. The fourth-order valence-electron chi connectivity index (χ4n) is 3.29. The summed E-state index contributed by atoms with van der Waals surface area (Å²) in [6, 6.07) is 7.74. The molecule has 0 spiro atoms. The van der Waals surface area contributed by atoms with Gasteiger partial charge in [0.2, 0.25) is 5.91 Å². The normalized spacial score (nSPS) is 17.2. The molecule has 1 aromatic carbocycles. The second-order valence-electron chi connectivity index (χ2n) is 6.14. The molecule has 4 rings (SSSR count). The monoisotopic (exact) mass is 353 g/mol. The van der Waals surface area contributed by atoms with E-state index in [4.69, 9.17) is 0 Å². The van der Waals surface area contributed by atoms with Crippen LogP contribution in [0.15, 0.2) is 36.1 Å². The van der Waals surface area contributed by atoms with Crippen LogP contribution in [0.5, 0.6) is 0 Å². The molecule has 1 amide bonds. The first-order valence-corrected chi connectivity index (χ1v) is 9.25. The molecule has 128 valence electrons. The van der Waals surface area contributed by atoms with E-state index >= 15 is 0 Å². The van der Waals surface area contributed by atoms with Gasteiger partial charge in [-0.3, -0.25) is 4.79 Å². The van der Waals surface area contributed by atoms with Gasteiger partial charge >= 0.3 is 0 Å². The Morgan fingerprint density at radius 1 is 1.32 bits per heavy atom. The van der Waals surface area contributed by atoms with Crippen molar-refractivity contribution in [1.29, 1.82) is 0 Å². The fraction of sp³-hybridized carbons (Fsp3) is 0.333. The van der Waals surface area contributed by atoms with E-state index in [9.17, 15) is 4.79 Å². The number of nitrogens with one attached hydrogen (secondary N) is 1. The number of rotatable bonds is 4. The number of aromatic nitrogens is 3. The van der Waals surface area contributed by atoms with Crippen molar-refractivity contribution in [3.8, 4) is 0 Å². The average molecular weight is 353 g/mol. The van der Waals surface area contributed by atoms with Gasteiger partial charge in [-0.25, -0.2) is 15.0 Å². The Balaban J connectivity index is 1.55. The Morgan fingerprint density at radius 2 is 2.20 bits per heavy atom. The van der Waals surface area contributed by atoms with E-state index in [0.717, 1.165) is 46.7 Å². The van der Waals surface area contributed by atoms with E-state index in [1.807, 2.05) is 36.7 Å². The number of benzene rings is 1. The molecular formula is C18H19N5OS. The van der Waals surface area contributed by atoms with Crippen LogP contribution in [0.4, 0.5) is 5.82 Å². The number of carbonyl (C=O) groups is 1. The van der Waals surface area contributed by atoms with Gasteiger partial charge in [0, 0.05) is 16.8 Å². The quantitative estimate of drug-likeness (QED) is 0.781. The van der Waals surface area contributed by atoms with Gasteiger partial charge in [-0.1, -0.05) is 12.1 Å². The fourth-order valence-corrected chi connectivity index (χ4v) is 4.01. The third-order valence-electron chi connectivity index (χ3n) is 4.62. The van der Waals surface area contributed by atoms with Crippen molar-refractivity contribution in [1.82, 2.24) is 20.3 Å². The van der Waals surface area contributed by atoms with E-state index in [-0.39, 0.29) is 11.9 Å². The maximum absolute atomic E-state index is 12.8. The van der Waals surface area contributed by atoms with Gasteiger partial charge in [-0.15, -0.1) is 11.3 Å². The van der Waals surface area contributed by atoms with E-state index in [1.54, 1.807) is 17.7 Å². The Labute approximate surface area is 149 Å². The Bertz CT molecular complexity index is 904. The van der Waals surface area contributed by atoms with Gasteiger partial charge in [-0.2, -0.15) is 0 Å². The van der Waals surface area contributed by atoms with Gasteiger partial charge in [0.15, 0.2) is 0 Å². The molecule has 0 bridgehead atoms. The molecule has 1 fully saturated rings. The topological polar surface area (TPSA) is 71.0 Å². The highest BCUT2D eigenvalue weighted by Crippen LogP contribution is 2.29. The number of fused-ring (bicyclic) bond motifs is 1. The zero-order valence-electron chi connectivity index (χ0n) is 14.0. The van der Waals surface area contributed by atoms with E-state index in [2.05, 4.69) is 25.2 Å². The summed E-state index contributed by atoms with van der Waals surface area (Å²) >= 11 is 1.57. The molecule has 0 saturated carbocycles. The first-order chi connectivity index (χ1) is 12.2. The zero-order chi connectivity index (χ0) is 17.2. The van der Waals surface area contributed by atoms with Crippen molar-refractivity contribution >= 4 is 34.0 Å². The van der Waals surface area contributed by atoms with Crippen LogP contribution >= 0.6 is 11.3 Å². The molecular weight excluding hydrogens is 334 g/mol. The van der Waals surface area contributed by atoms with Crippen molar-refractivity contribution in [3.63, 3.8) is 0 Å². The second kappa shape index (κ2) is 6.76. The molecule has 7 heteroatoms. The SMILES string of the molecule is Cc1ncsc1CNC(=O)C1CCCN1c1ncnc2ccccc12. The standard InChI is InChI=1S/C18H19N5OS/c1-12-16(25-11-22-12)9-19-18(24)15-7-4-8-23(15)17-13-5-2-3-6-14(13)20-10-21-17/h2-3,5-6,10-11,15H,4,7-9H2,1H3,(H,19,24). The van der Waals surface area contributed by atoms with Crippen LogP contribution in [-0.4, -0.2) is 33.4 Å². The molecule has 1 aliphatic rings. The second-order valence-corrected chi connectivity index (χ2v) is 7.08. The van der Waals surface area contributed by atoms with Gasteiger partial charge in [0.25, 0.3) is 0 Å². The minimum Gasteiger partial charge on any atom is -0.349 e. The number of nitrogens with zero attached hydrogens (tertiary/aromatic N) is 4. The van der Waals surface area contributed by atoms with Crippen LogP contribution in [0, 0.1) is 6.92 Å². The number of amides is 1. The van der Waals surface area contributed by atoms with Crippen LogP contribution < -0.4 is 10.2 Å². The van der Waals surface area contributed by atoms with Crippen LogP contribution in [0.3, 0.4) is 0 Å². The first-order valence-electron chi connectivity index (χ1n) is 8.37. The molecule has 0 aliphatic carbocycles. The van der Waals surface area contributed by atoms with Crippen molar-refractivity contribution in [2.24, 2.45) is 0 Å². The molecule has 1 aliphatic heterocycles. The lowest BCUT2D eigenvalue weighted by Crippen LogP contribution is -2.43. The van der Waals surface area contributed by atoms with Crippen LogP contribution in [-0.2, 0) is 11.3 Å². The molecule has 1 N–H and O–H groups in total. The van der Waals surface area contributed by atoms with Gasteiger partial charge in [0.05, 0.1) is 23.3 Å². The maximum Gasteiger partial charge on any atom is 0.243 e. The lowest BCUT2D eigenvalue weighted by Gasteiger charge is -2.25. The average Bonchev–Trinajstić information content (AvgIpc) is 3.28. The highest BCUT2D eigenvalue weighted by atomic mass is 32.1. The third-order valence-corrected chi connectivity index (χ3v) is 5.55. The molecule has 1 unspecified atom stereocenters. The summed E-state index contributed by atoms with van der Waals surface area (Å²) in [5.41, 5.74) is 3.69. The van der Waals surface area contributed by atoms with Crippen molar-refractivity contribution in [2.45, 2.75) is 32.4 Å². The number of hydrogen-bond acceptors (Lipinski definition) is 6. The molecule has 1 saturated heterocycles. The summed E-state index contributed by atoms with van der Waals surface area (Å²) in [4.78, 5) is 29.0. The smallest absolute Gasteiger partial charge is 0.243 e. The van der Waals surface area contributed by atoms with E-state index < -0.39 is 0 Å². The number of anilines is 1. The third kappa shape index (κ3) is 3.07. The summed E-state index contributed by atoms with van der Waals surface area (Å²) in [5.74, 6) is 0.894. The molecule has 1 atom stereocenters. The predicted octanol–water partition coefficient (Wildman–Crippen LogP) is 2.68. The molecule has 6 nitrogen and oxygen atoms in total. The number of para-hydroxylation sites is 1. The van der Waals surface area contributed by atoms with E-state index in [0.29, 0.717) is 6.54 Å². The van der Waals surface area contributed by atoms with Gasteiger partial charge < -0.3 is 10.2 Å². The molecule has 0 radical (unpaired) electrons. The van der Waals surface area contributed by atoms with Gasteiger partial charge in [0.1, 0.15) is 18.2 Å². The molecule has 25 heavy (non-hydrogen) atoms. The van der Waals surface area contributed by atoms with Crippen molar-refractivity contribution in [2.75, 3.05) is 11.4 Å². The lowest BCUT2D eigenvalue weighted by molar-refractivity contribution is -0.122. The Morgan fingerprint density at radius 3 is 3.04 bits per heavy atom. The van der Waals surface area contributed by atoms with Crippen LogP contribution in [0.1, 0.15) is 23.4 Å². The Hall–Kier alpha value is -2.54. The molecule has 3 aromatic rings. The van der Waals surface area contributed by atoms with Crippen LogP contribution in [0.2, 0.25) is 0 Å². The predicted molar refractivity (Wildman–Crippen MR) is 98.6 cm³/mol. The largest absolute Gasteiger partial charge is 0.349 e. The highest BCUT2D eigenvalue weighted by Gasteiger charge is 2.32. The summed E-state index contributed by atoms with van der Waals surface area (Å²) in [6.07, 6.45) is 3.40. The highest BCUT2D eigenvalue weighted by molar-refractivity contribution is 7.09. The summed E-state index contributed by atoms with van der Waals surface area (Å²) < 4.78 is 0. The summed E-state index contributed by atoms with van der Waals surface area (Å²) in [7, 11) is 0. The minimum absolute atomic E-state index is 0.0491. The number of aryl methyl sites for hydroxylation is 1. The van der Waals surface area contributed by atoms with Crippen LogP contribution in [0.25, 0.3) is 10.9 Å². The molecule has 2 aromatic heterocycles. The van der Waals surface area contributed by atoms with Gasteiger partial charge in [-0.05, 0) is 31.9 Å². The maximum atomic E-state index is 12.8. The first kappa shape index (κ1) is 16.0. The van der Waals surface area contributed by atoms with Crippen molar-refractivity contribution < 1.29 is 4.79 Å². The minimum atomic E-state index is -0.188. The Kier molecular flexibility index (Phi) is 4.31. The lowest BCUT2D eigenvalue weighted by atomic mass is 10.2.